The van der Waals surface area contributed by atoms with E-state index in [1.54, 1.807) is 0 Å². The fourth-order valence-corrected chi connectivity index (χ4v) is 3.21. The van der Waals surface area contributed by atoms with E-state index < -0.39 is 0 Å². The van der Waals surface area contributed by atoms with Crippen molar-refractivity contribution in [2.75, 3.05) is 18.4 Å². The average molecular weight is 382 g/mol. The van der Waals surface area contributed by atoms with Gasteiger partial charge in [0.15, 0.2) is 11.5 Å². The van der Waals surface area contributed by atoms with E-state index >= 15 is 0 Å². The summed E-state index contributed by atoms with van der Waals surface area (Å²) in [4.78, 5) is 8.12. The highest BCUT2D eigenvalue weighted by Crippen LogP contribution is 2.28. The van der Waals surface area contributed by atoms with Crippen molar-refractivity contribution < 1.29 is 0 Å². The molecule has 4 rings (SSSR count). The summed E-state index contributed by atoms with van der Waals surface area (Å²) in [5.41, 5.74) is 3.72. The molecule has 0 saturated carbocycles. The Kier molecular flexibility index (Phi) is 6.01. The van der Waals surface area contributed by atoms with E-state index in [1.165, 1.54) is 30.8 Å². The number of piperidine rings is 1. The maximum absolute atomic E-state index is 8.76. The van der Waals surface area contributed by atoms with Gasteiger partial charge in [0.2, 0.25) is 0 Å². The van der Waals surface area contributed by atoms with Gasteiger partial charge in [-0.05, 0) is 43.0 Å². The van der Waals surface area contributed by atoms with Crippen LogP contribution in [0.5, 0.6) is 0 Å². The first-order chi connectivity index (χ1) is 12.8. The Bertz CT molecular complexity index is 906. The van der Waals surface area contributed by atoms with Gasteiger partial charge < -0.3 is 10.6 Å². The maximum Gasteiger partial charge on any atom is 0.158 e. The van der Waals surface area contributed by atoms with Crippen LogP contribution >= 0.6 is 12.4 Å². The predicted octanol–water partition coefficient (Wildman–Crippen LogP) is 3.37. The second kappa shape index (κ2) is 8.62. The van der Waals surface area contributed by atoms with Crippen molar-refractivity contribution in [2.45, 2.75) is 18.8 Å². The highest BCUT2D eigenvalue weighted by atomic mass is 35.5. The summed E-state index contributed by atoms with van der Waals surface area (Å²) in [6.07, 6.45) is 5.34. The lowest BCUT2D eigenvalue weighted by molar-refractivity contribution is 0.460. The number of anilines is 2. The van der Waals surface area contributed by atoms with E-state index in [4.69, 9.17) is 5.26 Å². The van der Waals surface area contributed by atoms with Gasteiger partial charge in [-0.3, -0.25) is 5.10 Å². The number of aromatic amines is 1. The predicted molar refractivity (Wildman–Crippen MR) is 106 cm³/mol. The van der Waals surface area contributed by atoms with E-state index in [2.05, 4.69) is 55.1 Å². The van der Waals surface area contributed by atoms with Crippen LogP contribution in [0.3, 0.4) is 0 Å². The second-order valence-electron chi connectivity index (χ2n) is 6.34. The summed E-state index contributed by atoms with van der Waals surface area (Å²) in [5, 5.41) is 22.5. The zero-order valence-electron chi connectivity index (χ0n) is 14.6. The molecular weight excluding hydrogens is 362 g/mol. The van der Waals surface area contributed by atoms with Crippen LogP contribution < -0.4 is 10.6 Å². The van der Waals surface area contributed by atoms with E-state index in [1.807, 2.05) is 12.1 Å². The molecule has 0 amide bonds. The molecule has 3 heterocycles. The number of nitrogens with zero attached hydrogens (tertiary/aromatic N) is 4. The molecule has 2 aromatic heterocycles. The van der Waals surface area contributed by atoms with Gasteiger partial charge in [-0.25, -0.2) is 9.97 Å². The highest BCUT2D eigenvalue weighted by molar-refractivity contribution is 5.85. The van der Waals surface area contributed by atoms with Crippen molar-refractivity contribution in [3.8, 4) is 17.3 Å². The molecule has 3 aromatic rings. The summed E-state index contributed by atoms with van der Waals surface area (Å²) >= 11 is 0. The van der Waals surface area contributed by atoms with Crippen LogP contribution in [0, 0.1) is 11.3 Å². The Balaban J connectivity index is 0.00000210. The largest absolute Gasteiger partial charge is 0.322 e. The van der Waals surface area contributed by atoms with Crippen LogP contribution in [0.2, 0.25) is 0 Å². The van der Waals surface area contributed by atoms with E-state index in [9.17, 15) is 0 Å². The number of hydrogen-bond donors (Lipinski definition) is 3. The molecule has 1 fully saturated rings. The molecule has 1 aliphatic heterocycles. The molecule has 0 atom stereocenters. The number of hydrogen-bond acceptors (Lipinski definition) is 6. The minimum Gasteiger partial charge on any atom is -0.322 e. The summed E-state index contributed by atoms with van der Waals surface area (Å²) in [6.45, 7) is 2.19. The molecule has 8 heteroatoms. The molecule has 1 saturated heterocycles. The molecule has 1 aromatic carbocycles. The molecule has 0 spiro atoms. The molecule has 0 bridgehead atoms. The first-order valence-corrected chi connectivity index (χ1v) is 8.67. The average Bonchev–Trinajstić information content (AvgIpc) is 3.18. The smallest absolute Gasteiger partial charge is 0.158 e. The van der Waals surface area contributed by atoms with Crippen molar-refractivity contribution in [3.05, 3.63) is 54.0 Å². The van der Waals surface area contributed by atoms with Gasteiger partial charge in [0, 0.05) is 6.07 Å². The summed E-state index contributed by atoms with van der Waals surface area (Å²) in [6, 6.07) is 12.6. The Labute approximate surface area is 163 Å². The molecule has 7 nitrogen and oxygen atoms in total. The molecule has 138 valence electrons. The number of nitrogens with one attached hydrogen (secondary N) is 3. The number of aromatic nitrogens is 4. The van der Waals surface area contributed by atoms with Gasteiger partial charge in [-0.2, -0.15) is 10.4 Å². The van der Waals surface area contributed by atoms with Crippen LogP contribution in [0.25, 0.3) is 11.3 Å². The Morgan fingerprint density at radius 1 is 1.04 bits per heavy atom. The highest BCUT2D eigenvalue weighted by Gasteiger charge is 2.15. The third kappa shape index (κ3) is 4.42. The Morgan fingerprint density at radius 3 is 2.48 bits per heavy atom. The third-order valence-corrected chi connectivity index (χ3v) is 4.63. The number of H-pyrrole nitrogens is 1. The van der Waals surface area contributed by atoms with Crippen LogP contribution in [0.1, 0.15) is 30.0 Å². The normalized spacial score (nSPS) is 14.2. The summed E-state index contributed by atoms with van der Waals surface area (Å²) in [7, 11) is 0. The van der Waals surface area contributed by atoms with Gasteiger partial charge in [-0.1, -0.05) is 24.3 Å². The Morgan fingerprint density at radius 2 is 1.81 bits per heavy atom. The minimum atomic E-state index is 0. The lowest BCUT2D eigenvalue weighted by Gasteiger charge is -2.23. The third-order valence-electron chi connectivity index (χ3n) is 4.63. The van der Waals surface area contributed by atoms with Crippen molar-refractivity contribution in [2.24, 2.45) is 0 Å². The molecule has 0 unspecified atom stereocenters. The van der Waals surface area contributed by atoms with Crippen LogP contribution in [0.15, 0.2) is 42.7 Å². The van der Waals surface area contributed by atoms with Crippen LogP contribution in [-0.2, 0) is 0 Å². The van der Waals surface area contributed by atoms with Gasteiger partial charge in [-0.15, -0.1) is 12.4 Å². The summed E-state index contributed by atoms with van der Waals surface area (Å²) in [5.74, 6) is 1.85. The lowest BCUT2D eigenvalue weighted by Crippen LogP contribution is -2.26. The minimum absolute atomic E-state index is 0. The summed E-state index contributed by atoms with van der Waals surface area (Å²) < 4.78 is 0. The number of halogens is 1. The number of benzene rings is 1. The molecule has 0 aliphatic carbocycles. The van der Waals surface area contributed by atoms with Crippen molar-refractivity contribution in [1.82, 2.24) is 25.5 Å². The zero-order chi connectivity index (χ0) is 17.8. The molecule has 1 aliphatic rings. The first kappa shape index (κ1) is 18.8. The maximum atomic E-state index is 8.76. The molecule has 0 radical (unpaired) electrons. The second-order valence-corrected chi connectivity index (χ2v) is 6.34. The van der Waals surface area contributed by atoms with Gasteiger partial charge in [0.25, 0.3) is 0 Å². The molecular formula is C19H20ClN7. The fourth-order valence-electron chi connectivity index (χ4n) is 3.21. The monoisotopic (exact) mass is 381 g/mol. The topological polar surface area (TPSA) is 102 Å². The van der Waals surface area contributed by atoms with Crippen molar-refractivity contribution in [3.63, 3.8) is 0 Å². The number of rotatable bonds is 4. The van der Waals surface area contributed by atoms with Crippen molar-refractivity contribution >= 4 is 24.0 Å². The van der Waals surface area contributed by atoms with Crippen LogP contribution in [-0.4, -0.2) is 33.3 Å². The van der Waals surface area contributed by atoms with E-state index in [0.717, 1.165) is 24.3 Å². The molecule has 3 N–H and O–H groups in total. The van der Waals surface area contributed by atoms with Gasteiger partial charge >= 0.3 is 0 Å². The van der Waals surface area contributed by atoms with Gasteiger partial charge in [0.05, 0.1) is 18.1 Å². The fraction of sp³-hybridized carbons (Fsp3) is 0.263. The quantitative estimate of drug-likeness (QED) is 0.640. The first-order valence-electron chi connectivity index (χ1n) is 8.67. The SMILES string of the molecule is Cl.N#Cc1cnc(Nc2cc(-c3ccc(C4CCNCC4)cc3)[nH]n2)cn1. The zero-order valence-corrected chi connectivity index (χ0v) is 15.5. The van der Waals surface area contributed by atoms with Gasteiger partial charge in [0.1, 0.15) is 11.9 Å². The molecule has 27 heavy (non-hydrogen) atoms. The van der Waals surface area contributed by atoms with Crippen molar-refractivity contribution in [1.29, 1.82) is 5.26 Å². The van der Waals surface area contributed by atoms with Crippen LogP contribution in [0.4, 0.5) is 11.6 Å². The number of nitriles is 1. The Hall–Kier alpha value is -2.95. The van der Waals surface area contributed by atoms with E-state index in [-0.39, 0.29) is 18.1 Å². The van der Waals surface area contributed by atoms with E-state index in [0.29, 0.717) is 17.6 Å². The lowest BCUT2D eigenvalue weighted by atomic mass is 9.89. The standard InChI is InChI=1S/C19H19N7.ClH/c20-10-16-11-23-19(12-22-16)24-18-9-17(25-26-18)15-3-1-13(2-4-15)14-5-7-21-8-6-14;/h1-4,9,11-12,14,21H,5-8H2,(H2,23,24,25,26);1H.